The largest absolute Gasteiger partial charge is 0.336 e. The van der Waals surface area contributed by atoms with Crippen LogP contribution in [-0.4, -0.2) is 16.1 Å². The standard InChI is InChI=1S/C5H9Cl4OP/c1-3-11(9)10-4(2)5(6,7)8/h4H,3H2,1-2H3. The van der Waals surface area contributed by atoms with Gasteiger partial charge in [0.25, 0.3) is 0 Å². The summed E-state index contributed by atoms with van der Waals surface area (Å²) < 4.78 is 3.81. The molecule has 0 bridgehead atoms. The molecule has 0 fully saturated rings. The quantitative estimate of drug-likeness (QED) is 0.540. The van der Waals surface area contributed by atoms with Crippen molar-refractivity contribution in [2.24, 2.45) is 0 Å². The average molecular weight is 258 g/mol. The predicted octanol–water partition coefficient (Wildman–Crippen LogP) is 4.33. The highest BCUT2D eigenvalue weighted by Gasteiger charge is 2.30. The minimum absolute atomic E-state index is 0.462. The zero-order valence-corrected chi connectivity index (χ0v) is 10.1. The Labute approximate surface area is 87.9 Å². The molecular formula is C5H9Cl4OP. The highest BCUT2D eigenvalue weighted by Crippen LogP contribution is 2.47. The fourth-order valence-corrected chi connectivity index (χ4v) is 1.63. The third-order valence-corrected chi connectivity index (χ3v) is 3.90. The molecule has 0 aliphatic rings. The van der Waals surface area contributed by atoms with Gasteiger partial charge in [-0.3, -0.25) is 0 Å². The summed E-state index contributed by atoms with van der Waals surface area (Å²) in [6.07, 6.45) is 0.290. The Morgan fingerprint density at radius 2 is 1.91 bits per heavy atom. The molecule has 0 aromatic heterocycles. The lowest BCUT2D eigenvalue weighted by atomic mass is 10.5. The van der Waals surface area contributed by atoms with E-state index in [2.05, 4.69) is 0 Å². The molecule has 0 rings (SSSR count). The van der Waals surface area contributed by atoms with Gasteiger partial charge in [-0.1, -0.05) is 53.0 Å². The van der Waals surface area contributed by atoms with Gasteiger partial charge in [-0.2, -0.15) is 0 Å². The summed E-state index contributed by atoms with van der Waals surface area (Å²) in [6, 6.07) is 0. The van der Waals surface area contributed by atoms with Crippen molar-refractivity contribution in [1.29, 1.82) is 0 Å². The van der Waals surface area contributed by atoms with Gasteiger partial charge in [0.05, 0.1) is 0 Å². The Kier molecular flexibility index (Phi) is 6.07. The molecule has 2 atom stereocenters. The van der Waals surface area contributed by atoms with E-state index in [-0.39, 0.29) is 0 Å². The van der Waals surface area contributed by atoms with E-state index < -0.39 is 17.4 Å². The Morgan fingerprint density at radius 1 is 1.45 bits per heavy atom. The van der Waals surface area contributed by atoms with Crippen molar-refractivity contribution in [3.05, 3.63) is 0 Å². The van der Waals surface area contributed by atoms with Crippen LogP contribution in [0.3, 0.4) is 0 Å². The average Bonchev–Trinajstić information content (AvgIpc) is 1.85. The van der Waals surface area contributed by atoms with Crippen LogP contribution >= 0.6 is 53.5 Å². The molecule has 1 nitrogen and oxygen atoms in total. The Balaban J connectivity index is 3.77. The van der Waals surface area contributed by atoms with Crippen LogP contribution in [0.25, 0.3) is 0 Å². The number of rotatable bonds is 3. The van der Waals surface area contributed by atoms with E-state index >= 15 is 0 Å². The normalized spacial score (nSPS) is 18.0. The first-order valence-corrected chi connectivity index (χ1v) is 6.53. The van der Waals surface area contributed by atoms with Crippen LogP contribution in [0.4, 0.5) is 0 Å². The highest BCUT2D eigenvalue weighted by molar-refractivity contribution is 7.80. The van der Waals surface area contributed by atoms with E-state index in [0.717, 1.165) is 6.16 Å². The molecule has 11 heavy (non-hydrogen) atoms. The summed E-state index contributed by atoms with van der Waals surface area (Å²) in [6.45, 7) is 3.60. The molecule has 0 N–H and O–H groups in total. The lowest BCUT2D eigenvalue weighted by Gasteiger charge is -2.22. The van der Waals surface area contributed by atoms with E-state index in [0.29, 0.717) is 0 Å². The molecular weight excluding hydrogens is 249 g/mol. The van der Waals surface area contributed by atoms with Crippen molar-refractivity contribution in [3.63, 3.8) is 0 Å². The zero-order chi connectivity index (χ0) is 9.07. The lowest BCUT2D eigenvalue weighted by Crippen LogP contribution is -2.23. The minimum Gasteiger partial charge on any atom is -0.336 e. The number of hydrogen-bond donors (Lipinski definition) is 0. The van der Waals surface area contributed by atoms with Gasteiger partial charge in [-0.05, 0) is 6.92 Å². The fourth-order valence-electron chi connectivity index (χ4n) is 0.306. The van der Waals surface area contributed by atoms with Crippen molar-refractivity contribution in [2.75, 3.05) is 6.16 Å². The highest BCUT2D eigenvalue weighted by atomic mass is 35.7. The summed E-state index contributed by atoms with van der Waals surface area (Å²) in [5.74, 6) is 0. The molecule has 2 unspecified atom stereocenters. The van der Waals surface area contributed by atoms with E-state index in [1.54, 1.807) is 6.92 Å². The van der Waals surface area contributed by atoms with Crippen LogP contribution in [0.5, 0.6) is 0 Å². The van der Waals surface area contributed by atoms with Crippen LogP contribution in [0.15, 0.2) is 0 Å². The summed E-state index contributed by atoms with van der Waals surface area (Å²) >= 11 is 22.4. The van der Waals surface area contributed by atoms with E-state index in [4.69, 9.17) is 50.6 Å². The maximum Gasteiger partial charge on any atom is 0.216 e. The van der Waals surface area contributed by atoms with Crippen LogP contribution in [-0.2, 0) is 4.52 Å². The molecule has 0 amide bonds. The summed E-state index contributed by atoms with van der Waals surface area (Å²) in [4.78, 5) is 0. The SMILES string of the molecule is CCP(Cl)OC(C)C(Cl)(Cl)Cl. The monoisotopic (exact) mass is 256 g/mol. The second kappa shape index (κ2) is 5.32. The van der Waals surface area contributed by atoms with Gasteiger partial charge >= 0.3 is 0 Å². The van der Waals surface area contributed by atoms with Crippen LogP contribution < -0.4 is 0 Å². The van der Waals surface area contributed by atoms with Gasteiger partial charge in [0.1, 0.15) is 13.6 Å². The zero-order valence-electron chi connectivity index (χ0n) is 6.15. The molecule has 68 valence electrons. The van der Waals surface area contributed by atoms with Gasteiger partial charge < -0.3 is 4.52 Å². The molecule has 0 saturated carbocycles. The second-order valence-electron chi connectivity index (χ2n) is 1.92. The predicted molar refractivity (Wildman–Crippen MR) is 54.2 cm³/mol. The van der Waals surface area contributed by atoms with Gasteiger partial charge in [-0.25, -0.2) is 0 Å². The van der Waals surface area contributed by atoms with Crippen LogP contribution in [0, 0.1) is 0 Å². The van der Waals surface area contributed by atoms with Gasteiger partial charge in [0.2, 0.25) is 3.79 Å². The Morgan fingerprint density at radius 3 is 2.18 bits per heavy atom. The van der Waals surface area contributed by atoms with E-state index in [1.807, 2.05) is 6.92 Å². The molecule has 0 heterocycles. The fraction of sp³-hybridized carbons (Fsp3) is 1.00. The van der Waals surface area contributed by atoms with Gasteiger partial charge in [0, 0.05) is 6.16 Å². The topological polar surface area (TPSA) is 9.23 Å². The third-order valence-electron chi connectivity index (χ3n) is 0.982. The number of halogens is 4. The van der Waals surface area contributed by atoms with Gasteiger partial charge in [-0.15, -0.1) is 0 Å². The first-order valence-electron chi connectivity index (χ1n) is 3.04. The molecule has 0 aliphatic carbocycles. The third kappa shape index (κ3) is 5.74. The first-order chi connectivity index (χ1) is 4.88. The van der Waals surface area contributed by atoms with Crippen molar-refractivity contribution in [1.82, 2.24) is 0 Å². The van der Waals surface area contributed by atoms with Crippen LogP contribution in [0.2, 0.25) is 0 Å². The summed E-state index contributed by atoms with van der Waals surface area (Å²) in [5, 5.41) is 0. The molecule has 0 aliphatic heterocycles. The molecule has 0 spiro atoms. The smallest absolute Gasteiger partial charge is 0.216 e. The van der Waals surface area contributed by atoms with Crippen molar-refractivity contribution >= 4 is 53.5 Å². The van der Waals surface area contributed by atoms with Crippen LogP contribution in [0.1, 0.15) is 13.8 Å². The van der Waals surface area contributed by atoms with Crippen molar-refractivity contribution in [3.8, 4) is 0 Å². The minimum atomic E-state index is -1.38. The second-order valence-corrected chi connectivity index (χ2v) is 6.90. The molecule has 0 aromatic rings. The lowest BCUT2D eigenvalue weighted by molar-refractivity contribution is 0.258. The number of alkyl halides is 3. The summed E-state index contributed by atoms with van der Waals surface area (Å²) in [5.41, 5.74) is 0. The Hall–Kier alpha value is 1.55. The van der Waals surface area contributed by atoms with Crippen molar-refractivity contribution in [2.45, 2.75) is 23.7 Å². The van der Waals surface area contributed by atoms with E-state index in [1.165, 1.54) is 0 Å². The first kappa shape index (κ1) is 12.6. The molecule has 0 radical (unpaired) electrons. The molecule has 0 saturated heterocycles. The maximum absolute atomic E-state index is 5.73. The van der Waals surface area contributed by atoms with Gasteiger partial charge in [0.15, 0.2) is 0 Å². The molecule has 6 heteroatoms. The summed E-state index contributed by atoms with van der Waals surface area (Å²) in [7, 11) is -0.963. The van der Waals surface area contributed by atoms with E-state index in [9.17, 15) is 0 Å². The number of hydrogen-bond acceptors (Lipinski definition) is 1. The Bertz CT molecular complexity index is 116. The molecule has 0 aromatic carbocycles. The maximum atomic E-state index is 5.73. The van der Waals surface area contributed by atoms with Crippen molar-refractivity contribution < 1.29 is 4.52 Å².